The molecule has 8 heteroatoms. The quantitative estimate of drug-likeness (QED) is 0.320. The van der Waals surface area contributed by atoms with Crippen molar-refractivity contribution < 1.29 is 80.5 Å². The second-order valence-electron chi connectivity index (χ2n) is 4.51. The molecular weight excluding hydrogens is 334 g/mol. The van der Waals surface area contributed by atoms with Crippen molar-refractivity contribution in [2.45, 2.75) is 0 Å². The van der Waals surface area contributed by atoms with Crippen molar-refractivity contribution in [3.63, 3.8) is 0 Å². The normalized spacial score (nSPS) is 13.5. The average molecular weight is 344 g/mol. The van der Waals surface area contributed by atoms with Gasteiger partial charge >= 0.3 is 59.2 Å². The van der Waals surface area contributed by atoms with Gasteiger partial charge in [0.1, 0.15) is 17.2 Å². The van der Waals surface area contributed by atoms with Gasteiger partial charge in [-0.05, 0) is 29.0 Å². The number of rotatable bonds is 2. The zero-order valence-electron chi connectivity index (χ0n) is 11.6. The van der Waals surface area contributed by atoms with Crippen LogP contribution in [0.25, 0.3) is 21.5 Å². The van der Waals surface area contributed by atoms with Crippen molar-refractivity contribution in [1.29, 1.82) is 0 Å². The van der Waals surface area contributed by atoms with Crippen LogP contribution in [0.3, 0.4) is 0 Å². The molecule has 3 aromatic rings. The molecular formula is C14H10KO6P. The maximum absolute atomic E-state index is 10.9. The molecule has 1 unspecified atom stereocenters. The third-order valence-electron chi connectivity index (χ3n) is 3.13. The number of aromatic hydroxyl groups is 2. The number of phosphoric ester groups is 1. The maximum Gasteiger partial charge on any atom is 1.00 e. The molecule has 3 rings (SSSR count). The Morgan fingerprint density at radius 1 is 1.00 bits per heavy atom. The van der Waals surface area contributed by atoms with E-state index in [1.807, 2.05) is 0 Å². The Labute approximate surface area is 168 Å². The Bertz CT molecular complexity index is 905. The van der Waals surface area contributed by atoms with Crippen LogP contribution >= 0.6 is 7.82 Å². The van der Waals surface area contributed by atoms with Crippen LogP contribution in [0.4, 0.5) is 0 Å². The van der Waals surface area contributed by atoms with Gasteiger partial charge in [-0.25, -0.2) is 0 Å². The molecule has 6 nitrogen and oxygen atoms in total. The van der Waals surface area contributed by atoms with E-state index in [1.165, 1.54) is 18.2 Å². The first-order valence-corrected chi connectivity index (χ1v) is 7.46. The second kappa shape index (κ2) is 6.47. The summed E-state index contributed by atoms with van der Waals surface area (Å²) in [5.74, 6) is -0.670. The first-order valence-electron chi connectivity index (χ1n) is 5.96. The molecule has 0 heterocycles. The van der Waals surface area contributed by atoms with Gasteiger partial charge in [-0.1, -0.05) is 24.3 Å². The van der Waals surface area contributed by atoms with E-state index in [-0.39, 0.29) is 79.4 Å². The number of phenolic OH excluding ortho intramolecular Hbond substituents is 2. The minimum atomic E-state index is -5.01. The van der Waals surface area contributed by atoms with Crippen LogP contribution in [0, 0.1) is 0 Å². The number of hydrogen-bond acceptors (Lipinski definition) is 5. The van der Waals surface area contributed by atoms with Crippen molar-refractivity contribution in [3.8, 4) is 17.2 Å². The molecule has 0 fully saturated rings. The minimum Gasteiger partial charge on any atom is -0.746 e. The molecule has 0 aliphatic heterocycles. The predicted molar refractivity (Wildman–Crippen MR) is 75.2 cm³/mol. The predicted octanol–water partition coefficient (Wildman–Crippen LogP) is -0.752. The van der Waals surface area contributed by atoms with E-state index >= 15 is 0 Å². The van der Waals surface area contributed by atoms with E-state index in [0.717, 1.165) is 0 Å². The summed E-state index contributed by atoms with van der Waals surface area (Å²) in [4.78, 5) is 19.8. The molecule has 0 saturated carbocycles. The summed E-state index contributed by atoms with van der Waals surface area (Å²) < 4.78 is 15.4. The Hall–Kier alpha value is -0.634. The van der Waals surface area contributed by atoms with Gasteiger partial charge in [-0.3, -0.25) is 4.57 Å². The third kappa shape index (κ3) is 3.32. The summed E-state index contributed by atoms with van der Waals surface area (Å²) in [6.07, 6.45) is 0. The molecule has 3 N–H and O–H groups in total. The molecule has 0 spiro atoms. The Kier molecular flexibility index (Phi) is 5.21. The van der Waals surface area contributed by atoms with Gasteiger partial charge in [-0.15, -0.1) is 0 Å². The smallest absolute Gasteiger partial charge is 0.746 e. The van der Waals surface area contributed by atoms with Gasteiger partial charge in [0.25, 0.3) is 0 Å². The average Bonchev–Trinajstić information content (AvgIpc) is 2.36. The van der Waals surface area contributed by atoms with Crippen LogP contribution in [0.1, 0.15) is 0 Å². The van der Waals surface area contributed by atoms with Crippen molar-refractivity contribution >= 4 is 29.4 Å². The molecule has 0 aromatic heterocycles. The second-order valence-corrected chi connectivity index (χ2v) is 5.63. The largest absolute Gasteiger partial charge is 1.00 e. The van der Waals surface area contributed by atoms with Crippen LogP contribution in [0.15, 0.2) is 42.5 Å². The third-order valence-corrected chi connectivity index (χ3v) is 3.56. The molecule has 3 aromatic carbocycles. The van der Waals surface area contributed by atoms with Crippen molar-refractivity contribution in [2.75, 3.05) is 0 Å². The standard InChI is InChI=1S/C14H11O6P.K/c15-10-5-1-3-8-7-9-4-2-6-11(20-21(17,18)19)13(9)14(16)12(8)10;/h1-7,15-16H,(H2,17,18,19);/q;+1/p-1. The van der Waals surface area contributed by atoms with Gasteiger partial charge in [0.05, 0.1) is 10.8 Å². The zero-order valence-corrected chi connectivity index (χ0v) is 15.6. The molecule has 0 radical (unpaired) electrons. The molecule has 0 saturated heterocycles. The van der Waals surface area contributed by atoms with Crippen molar-refractivity contribution in [2.24, 2.45) is 0 Å². The molecule has 0 aliphatic carbocycles. The van der Waals surface area contributed by atoms with E-state index in [4.69, 9.17) is 4.89 Å². The van der Waals surface area contributed by atoms with Crippen molar-refractivity contribution in [3.05, 3.63) is 42.5 Å². The van der Waals surface area contributed by atoms with E-state index in [0.29, 0.717) is 10.8 Å². The molecule has 1 atom stereocenters. The van der Waals surface area contributed by atoms with Crippen LogP contribution in [0.5, 0.6) is 17.2 Å². The van der Waals surface area contributed by atoms with Gasteiger partial charge in [0.2, 0.25) is 0 Å². The van der Waals surface area contributed by atoms with E-state index in [9.17, 15) is 19.7 Å². The number of hydrogen-bond donors (Lipinski definition) is 3. The fraction of sp³-hybridized carbons (Fsp3) is 0. The SMILES string of the molecule is O=P([O-])(O)Oc1cccc2cc3cccc(O)c3c(O)c12.[K+]. The number of phosphoric acid groups is 1. The summed E-state index contributed by atoms with van der Waals surface area (Å²) in [7, 11) is -5.01. The van der Waals surface area contributed by atoms with Gasteiger partial charge < -0.3 is 24.5 Å². The molecule has 0 aliphatic rings. The number of benzene rings is 3. The minimum absolute atomic E-state index is 0. The van der Waals surface area contributed by atoms with E-state index in [1.54, 1.807) is 24.3 Å². The van der Waals surface area contributed by atoms with Crippen LogP contribution in [-0.4, -0.2) is 15.1 Å². The molecule has 0 amide bonds. The fourth-order valence-corrected chi connectivity index (χ4v) is 2.75. The summed E-state index contributed by atoms with van der Waals surface area (Å²) in [5, 5.41) is 21.6. The van der Waals surface area contributed by atoms with E-state index in [2.05, 4.69) is 4.52 Å². The number of phenols is 2. The van der Waals surface area contributed by atoms with Gasteiger partial charge in [-0.2, -0.15) is 0 Å². The van der Waals surface area contributed by atoms with Crippen molar-refractivity contribution in [1.82, 2.24) is 0 Å². The summed E-state index contributed by atoms with van der Waals surface area (Å²) in [6, 6.07) is 10.9. The monoisotopic (exact) mass is 344 g/mol. The van der Waals surface area contributed by atoms with Crippen LogP contribution < -0.4 is 60.8 Å². The summed E-state index contributed by atoms with van der Waals surface area (Å²) in [5.41, 5.74) is 0. The number of fused-ring (bicyclic) bond motifs is 2. The molecule has 108 valence electrons. The van der Waals surface area contributed by atoms with Crippen LogP contribution in [-0.2, 0) is 4.57 Å². The molecule has 22 heavy (non-hydrogen) atoms. The molecule has 0 bridgehead atoms. The Morgan fingerprint density at radius 3 is 2.23 bits per heavy atom. The van der Waals surface area contributed by atoms with Gasteiger partial charge in [0, 0.05) is 0 Å². The van der Waals surface area contributed by atoms with Crippen LogP contribution in [0.2, 0.25) is 0 Å². The first-order chi connectivity index (χ1) is 9.87. The topological polar surface area (TPSA) is 110 Å². The van der Waals surface area contributed by atoms with Gasteiger partial charge in [0.15, 0.2) is 0 Å². The first kappa shape index (κ1) is 17.7. The van der Waals surface area contributed by atoms with E-state index < -0.39 is 7.82 Å². The fourth-order valence-electron chi connectivity index (χ4n) is 2.35. The summed E-state index contributed by atoms with van der Waals surface area (Å²) >= 11 is 0. The Balaban J connectivity index is 0.00000176. The Morgan fingerprint density at radius 2 is 1.59 bits per heavy atom. The maximum atomic E-state index is 10.9. The summed E-state index contributed by atoms with van der Waals surface area (Å²) in [6.45, 7) is 0. The zero-order chi connectivity index (χ0) is 15.2.